The first-order chi connectivity index (χ1) is 10.5. The molecule has 0 unspecified atom stereocenters. The Labute approximate surface area is 139 Å². The van der Waals surface area contributed by atoms with Crippen LogP contribution in [-0.2, 0) is 0 Å². The van der Waals surface area contributed by atoms with E-state index < -0.39 is 0 Å². The van der Waals surface area contributed by atoms with Gasteiger partial charge in [-0.25, -0.2) is 0 Å². The molecule has 2 rings (SSSR count). The summed E-state index contributed by atoms with van der Waals surface area (Å²) < 4.78 is 0. The molecular formula is C20H40N2. The monoisotopic (exact) mass is 308 g/mol. The molecule has 0 atom stereocenters. The highest BCUT2D eigenvalue weighted by Crippen LogP contribution is 2.28. The summed E-state index contributed by atoms with van der Waals surface area (Å²) in [6, 6.07) is 0. The van der Waals surface area contributed by atoms with E-state index in [1.807, 2.05) is 0 Å². The fraction of sp³-hybridized carbons (Fsp3) is 1.00. The molecule has 2 fully saturated rings. The lowest BCUT2D eigenvalue weighted by atomic mass is 9.85. The number of piperidine rings is 2. The highest BCUT2D eigenvalue weighted by atomic mass is 15.1. The summed E-state index contributed by atoms with van der Waals surface area (Å²) in [5.74, 6) is 3.70. The predicted octanol–water partition coefficient (Wildman–Crippen LogP) is 4.50. The lowest BCUT2D eigenvalue weighted by molar-refractivity contribution is 0.139. The molecule has 0 spiro atoms. The molecule has 0 aromatic rings. The van der Waals surface area contributed by atoms with Crippen LogP contribution >= 0.6 is 0 Å². The van der Waals surface area contributed by atoms with E-state index in [2.05, 4.69) is 37.5 Å². The van der Waals surface area contributed by atoms with Crippen molar-refractivity contribution in [2.75, 3.05) is 39.3 Å². The molecule has 2 heterocycles. The average Bonchev–Trinajstić information content (AvgIpc) is 2.47. The van der Waals surface area contributed by atoms with E-state index in [0.717, 1.165) is 23.7 Å². The number of hydrogen-bond donors (Lipinski definition) is 0. The zero-order valence-corrected chi connectivity index (χ0v) is 15.7. The molecule has 130 valence electrons. The van der Waals surface area contributed by atoms with Crippen molar-refractivity contribution in [2.24, 2.45) is 23.7 Å². The molecule has 0 N–H and O–H groups in total. The van der Waals surface area contributed by atoms with E-state index in [1.165, 1.54) is 77.8 Å². The van der Waals surface area contributed by atoms with Crippen LogP contribution in [0.1, 0.15) is 66.2 Å². The Kier molecular flexibility index (Phi) is 7.70. The van der Waals surface area contributed by atoms with E-state index in [4.69, 9.17) is 0 Å². The topological polar surface area (TPSA) is 6.48 Å². The Morgan fingerprint density at radius 2 is 0.955 bits per heavy atom. The fourth-order valence-electron chi connectivity index (χ4n) is 4.42. The van der Waals surface area contributed by atoms with Crippen molar-refractivity contribution in [1.29, 1.82) is 0 Å². The van der Waals surface area contributed by atoms with Gasteiger partial charge in [0.1, 0.15) is 0 Å². The van der Waals surface area contributed by atoms with E-state index in [1.54, 1.807) is 0 Å². The van der Waals surface area contributed by atoms with Crippen LogP contribution in [0.25, 0.3) is 0 Å². The maximum absolute atomic E-state index is 2.69. The maximum Gasteiger partial charge on any atom is 0.000439 e. The van der Waals surface area contributed by atoms with Crippen molar-refractivity contribution in [3.63, 3.8) is 0 Å². The second-order valence-corrected chi connectivity index (χ2v) is 8.85. The Hall–Kier alpha value is -0.0800. The summed E-state index contributed by atoms with van der Waals surface area (Å²) in [6.45, 7) is 17.4. The molecule has 2 heteroatoms. The lowest BCUT2D eigenvalue weighted by Gasteiger charge is -2.35. The van der Waals surface area contributed by atoms with Crippen molar-refractivity contribution >= 4 is 0 Å². The first-order valence-electron chi connectivity index (χ1n) is 9.97. The van der Waals surface area contributed by atoms with Crippen LogP contribution in [0.5, 0.6) is 0 Å². The normalized spacial score (nSPS) is 23.7. The van der Waals surface area contributed by atoms with Gasteiger partial charge < -0.3 is 9.80 Å². The maximum atomic E-state index is 2.69. The van der Waals surface area contributed by atoms with Crippen molar-refractivity contribution < 1.29 is 0 Å². The largest absolute Gasteiger partial charge is 0.303 e. The van der Waals surface area contributed by atoms with Crippen LogP contribution in [0, 0.1) is 23.7 Å². The Morgan fingerprint density at radius 3 is 1.23 bits per heavy atom. The van der Waals surface area contributed by atoms with Gasteiger partial charge in [0.05, 0.1) is 0 Å². The zero-order chi connectivity index (χ0) is 15.9. The molecule has 0 radical (unpaired) electrons. The van der Waals surface area contributed by atoms with Crippen LogP contribution in [0.15, 0.2) is 0 Å². The van der Waals surface area contributed by atoms with E-state index in [0.29, 0.717) is 0 Å². The quantitative estimate of drug-likeness (QED) is 0.683. The second-order valence-electron chi connectivity index (χ2n) is 8.85. The van der Waals surface area contributed by atoms with Crippen molar-refractivity contribution in [2.45, 2.75) is 66.2 Å². The first-order valence-corrected chi connectivity index (χ1v) is 9.97. The molecule has 2 aliphatic heterocycles. The smallest absolute Gasteiger partial charge is 0.000439 e. The first kappa shape index (κ1) is 18.3. The molecule has 0 saturated carbocycles. The standard InChI is InChI=1S/C20H40N2/c1-17(2)15-21-11-7-19(8-12-21)5-6-20-9-13-22(14-10-20)16-18(3)4/h17-20H,5-16H2,1-4H3. The highest BCUT2D eigenvalue weighted by Gasteiger charge is 2.23. The summed E-state index contributed by atoms with van der Waals surface area (Å²) >= 11 is 0. The van der Waals surface area contributed by atoms with E-state index in [-0.39, 0.29) is 0 Å². The SMILES string of the molecule is CC(C)CN1CCC(CCC2CCN(CC(C)C)CC2)CC1. The Morgan fingerprint density at radius 1 is 0.636 bits per heavy atom. The third kappa shape index (κ3) is 6.58. The molecule has 0 aromatic carbocycles. The van der Waals surface area contributed by atoms with Crippen LogP contribution in [0.2, 0.25) is 0 Å². The lowest BCUT2D eigenvalue weighted by Crippen LogP contribution is -2.37. The van der Waals surface area contributed by atoms with Gasteiger partial charge in [0, 0.05) is 13.1 Å². The molecule has 0 aromatic heterocycles. The van der Waals surface area contributed by atoms with E-state index in [9.17, 15) is 0 Å². The summed E-state index contributed by atoms with van der Waals surface area (Å²) in [5, 5.41) is 0. The predicted molar refractivity (Wildman–Crippen MR) is 97.2 cm³/mol. The Balaban J connectivity index is 1.56. The van der Waals surface area contributed by atoms with Gasteiger partial charge in [-0.15, -0.1) is 0 Å². The third-order valence-corrected chi connectivity index (χ3v) is 5.64. The van der Waals surface area contributed by atoms with Gasteiger partial charge in [-0.05, 0) is 75.5 Å². The molecular weight excluding hydrogens is 268 g/mol. The third-order valence-electron chi connectivity index (χ3n) is 5.64. The van der Waals surface area contributed by atoms with Gasteiger partial charge in [0.15, 0.2) is 0 Å². The second kappa shape index (κ2) is 9.27. The van der Waals surface area contributed by atoms with Crippen LogP contribution in [0.4, 0.5) is 0 Å². The Bertz CT molecular complexity index is 254. The zero-order valence-electron chi connectivity index (χ0n) is 15.7. The van der Waals surface area contributed by atoms with Crippen LogP contribution in [-0.4, -0.2) is 49.1 Å². The van der Waals surface area contributed by atoms with Gasteiger partial charge in [-0.3, -0.25) is 0 Å². The number of hydrogen-bond acceptors (Lipinski definition) is 2. The molecule has 0 bridgehead atoms. The number of rotatable bonds is 7. The molecule has 22 heavy (non-hydrogen) atoms. The van der Waals surface area contributed by atoms with Gasteiger partial charge in [0.2, 0.25) is 0 Å². The summed E-state index contributed by atoms with van der Waals surface area (Å²) in [7, 11) is 0. The van der Waals surface area contributed by atoms with Crippen molar-refractivity contribution in [1.82, 2.24) is 9.80 Å². The van der Waals surface area contributed by atoms with Crippen LogP contribution in [0.3, 0.4) is 0 Å². The summed E-state index contributed by atoms with van der Waals surface area (Å²) in [5.41, 5.74) is 0. The van der Waals surface area contributed by atoms with Crippen LogP contribution < -0.4 is 0 Å². The minimum Gasteiger partial charge on any atom is -0.303 e. The van der Waals surface area contributed by atoms with Gasteiger partial charge in [0.25, 0.3) is 0 Å². The highest BCUT2D eigenvalue weighted by molar-refractivity contribution is 4.77. The van der Waals surface area contributed by atoms with Gasteiger partial charge in [-0.2, -0.15) is 0 Å². The summed E-state index contributed by atoms with van der Waals surface area (Å²) in [4.78, 5) is 5.37. The minimum atomic E-state index is 0.826. The fourth-order valence-corrected chi connectivity index (χ4v) is 4.42. The average molecular weight is 309 g/mol. The summed E-state index contributed by atoms with van der Waals surface area (Å²) in [6.07, 6.45) is 8.84. The molecule has 2 saturated heterocycles. The molecule has 2 aliphatic rings. The number of likely N-dealkylation sites (tertiary alicyclic amines) is 2. The van der Waals surface area contributed by atoms with Gasteiger partial charge in [-0.1, -0.05) is 40.5 Å². The minimum absolute atomic E-state index is 0.826. The number of nitrogens with zero attached hydrogens (tertiary/aromatic N) is 2. The molecule has 2 nitrogen and oxygen atoms in total. The van der Waals surface area contributed by atoms with Crippen molar-refractivity contribution in [3.05, 3.63) is 0 Å². The molecule has 0 amide bonds. The van der Waals surface area contributed by atoms with Crippen molar-refractivity contribution in [3.8, 4) is 0 Å². The van der Waals surface area contributed by atoms with E-state index >= 15 is 0 Å². The molecule has 0 aliphatic carbocycles. The van der Waals surface area contributed by atoms with Gasteiger partial charge >= 0.3 is 0 Å².